The first-order valence-corrected chi connectivity index (χ1v) is 4.15. The molecule has 14 heavy (non-hydrogen) atoms. The van der Waals surface area contributed by atoms with Crippen molar-refractivity contribution in [3.05, 3.63) is 24.0 Å². The molecular weight excluding hydrogens is 182 g/mol. The summed E-state index contributed by atoms with van der Waals surface area (Å²) in [6.45, 7) is 0.174. The normalized spacial score (nSPS) is 12.4. The lowest BCUT2D eigenvalue weighted by Crippen LogP contribution is -2.35. The van der Waals surface area contributed by atoms with Crippen molar-refractivity contribution in [3.8, 4) is 0 Å². The molecule has 4 N–H and O–H groups in total. The molecule has 1 unspecified atom stereocenters. The zero-order valence-electron chi connectivity index (χ0n) is 7.93. The molecule has 5 nitrogen and oxygen atoms in total. The number of ketones is 1. The van der Waals surface area contributed by atoms with E-state index in [1.54, 1.807) is 6.07 Å². The number of methoxy groups -OCH3 is 1. The molecule has 0 fully saturated rings. The van der Waals surface area contributed by atoms with Crippen LogP contribution in [-0.2, 0) is 4.74 Å². The molecule has 0 saturated carbocycles. The predicted molar refractivity (Wildman–Crippen MR) is 52.8 cm³/mol. The maximum absolute atomic E-state index is 11.6. The zero-order valence-corrected chi connectivity index (χ0v) is 7.93. The largest absolute Gasteiger partial charge is 0.398 e. The van der Waals surface area contributed by atoms with Crippen molar-refractivity contribution in [2.45, 2.75) is 6.04 Å². The SMILES string of the molecule is COCC(N)C(=O)c1cnccc1N. The number of nitrogens with zero attached hydrogens (tertiary/aromatic N) is 1. The van der Waals surface area contributed by atoms with Crippen LogP contribution in [-0.4, -0.2) is 30.5 Å². The molecule has 5 heteroatoms. The summed E-state index contributed by atoms with van der Waals surface area (Å²) in [5.41, 5.74) is 11.9. The Balaban J connectivity index is 2.84. The highest BCUT2D eigenvalue weighted by Gasteiger charge is 2.17. The molecular formula is C9H13N3O2. The summed E-state index contributed by atoms with van der Waals surface area (Å²) >= 11 is 0. The van der Waals surface area contributed by atoms with Crippen LogP contribution in [0, 0.1) is 0 Å². The molecule has 1 atom stereocenters. The average molecular weight is 195 g/mol. The van der Waals surface area contributed by atoms with Gasteiger partial charge in [-0.1, -0.05) is 0 Å². The minimum absolute atomic E-state index is 0.174. The predicted octanol–water partition coefficient (Wildman–Crippen LogP) is -0.180. The smallest absolute Gasteiger partial charge is 0.185 e. The number of anilines is 1. The molecule has 0 radical (unpaired) electrons. The third-order valence-corrected chi connectivity index (χ3v) is 1.80. The van der Waals surface area contributed by atoms with Crippen molar-refractivity contribution in [2.24, 2.45) is 5.73 Å². The molecule has 0 aliphatic heterocycles. The molecule has 76 valence electrons. The summed E-state index contributed by atoms with van der Waals surface area (Å²) in [4.78, 5) is 15.4. The zero-order chi connectivity index (χ0) is 10.6. The topological polar surface area (TPSA) is 91.2 Å². The van der Waals surface area contributed by atoms with E-state index >= 15 is 0 Å². The maximum Gasteiger partial charge on any atom is 0.185 e. The Morgan fingerprint density at radius 2 is 2.43 bits per heavy atom. The van der Waals surface area contributed by atoms with Crippen LogP contribution in [0.15, 0.2) is 18.5 Å². The fraction of sp³-hybridized carbons (Fsp3) is 0.333. The first-order chi connectivity index (χ1) is 6.66. The van der Waals surface area contributed by atoms with Crippen LogP contribution in [0.1, 0.15) is 10.4 Å². The third-order valence-electron chi connectivity index (χ3n) is 1.80. The molecule has 0 bridgehead atoms. The molecule has 0 aliphatic carbocycles. The van der Waals surface area contributed by atoms with E-state index in [9.17, 15) is 4.79 Å². The Morgan fingerprint density at radius 3 is 3.00 bits per heavy atom. The summed E-state index contributed by atoms with van der Waals surface area (Å²) in [6, 6.07) is 0.874. The second-order valence-corrected chi connectivity index (χ2v) is 2.89. The lowest BCUT2D eigenvalue weighted by molar-refractivity contribution is 0.0893. The number of rotatable bonds is 4. The Labute approximate surface area is 82.1 Å². The van der Waals surface area contributed by atoms with Gasteiger partial charge in [-0.25, -0.2) is 0 Å². The molecule has 0 spiro atoms. The summed E-state index contributed by atoms with van der Waals surface area (Å²) in [6.07, 6.45) is 2.93. The van der Waals surface area contributed by atoms with Crippen LogP contribution < -0.4 is 11.5 Å². The fourth-order valence-corrected chi connectivity index (χ4v) is 1.07. The van der Waals surface area contributed by atoms with E-state index in [-0.39, 0.29) is 12.4 Å². The molecule has 1 aromatic heterocycles. The quantitative estimate of drug-likeness (QED) is 0.650. The van der Waals surface area contributed by atoms with Gasteiger partial charge < -0.3 is 16.2 Å². The number of hydrogen-bond acceptors (Lipinski definition) is 5. The number of carbonyl (C=O) groups is 1. The lowest BCUT2D eigenvalue weighted by atomic mass is 10.1. The van der Waals surface area contributed by atoms with Crippen molar-refractivity contribution in [2.75, 3.05) is 19.5 Å². The molecule has 0 saturated heterocycles. The number of nitrogen functional groups attached to an aromatic ring is 1. The van der Waals surface area contributed by atoms with Crippen molar-refractivity contribution in [3.63, 3.8) is 0 Å². The van der Waals surface area contributed by atoms with Gasteiger partial charge in [-0.05, 0) is 6.07 Å². The van der Waals surface area contributed by atoms with Crippen LogP contribution in [0.2, 0.25) is 0 Å². The number of carbonyl (C=O) groups excluding carboxylic acids is 1. The van der Waals surface area contributed by atoms with Gasteiger partial charge in [-0.2, -0.15) is 0 Å². The molecule has 0 amide bonds. The van der Waals surface area contributed by atoms with E-state index in [0.29, 0.717) is 11.3 Å². The van der Waals surface area contributed by atoms with Crippen LogP contribution in [0.4, 0.5) is 5.69 Å². The van der Waals surface area contributed by atoms with Crippen molar-refractivity contribution >= 4 is 11.5 Å². The number of aromatic nitrogens is 1. The second-order valence-electron chi connectivity index (χ2n) is 2.89. The Hall–Kier alpha value is -1.46. The molecule has 1 heterocycles. The number of Topliss-reactive ketones (excluding diaryl/α,β-unsaturated/α-hetero) is 1. The van der Waals surface area contributed by atoms with E-state index in [2.05, 4.69) is 4.98 Å². The summed E-state index contributed by atoms with van der Waals surface area (Å²) in [5, 5.41) is 0. The first kappa shape index (κ1) is 10.6. The highest BCUT2D eigenvalue weighted by atomic mass is 16.5. The molecule has 0 aromatic carbocycles. The van der Waals surface area contributed by atoms with Crippen molar-refractivity contribution in [1.82, 2.24) is 4.98 Å². The van der Waals surface area contributed by atoms with Gasteiger partial charge >= 0.3 is 0 Å². The molecule has 0 aliphatic rings. The number of hydrogen-bond donors (Lipinski definition) is 2. The second kappa shape index (κ2) is 4.69. The minimum atomic E-state index is -0.688. The van der Waals surface area contributed by atoms with Crippen LogP contribution >= 0.6 is 0 Å². The van der Waals surface area contributed by atoms with Crippen LogP contribution in [0.3, 0.4) is 0 Å². The minimum Gasteiger partial charge on any atom is -0.398 e. The van der Waals surface area contributed by atoms with Gasteiger partial charge in [0.1, 0.15) is 0 Å². The van der Waals surface area contributed by atoms with E-state index in [1.807, 2.05) is 0 Å². The first-order valence-electron chi connectivity index (χ1n) is 4.15. The summed E-state index contributed by atoms with van der Waals surface area (Å²) in [5.74, 6) is -0.252. The van der Waals surface area contributed by atoms with E-state index in [4.69, 9.17) is 16.2 Å². The highest BCUT2D eigenvalue weighted by molar-refractivity contribution is 6.03. The van der Waals surface area contributed by atoms with Gasteiger partial charge in [0.2, 0.25) is 0 Å². The van der Waals surface area contributed by atoms with Gasteiger partial charge in [-0.3, -0.25) is 9.78 Å². The Kier molecular flexibility index (Phi) is 3.55. The van der Waals surface area contributed by atoms with Gasteiger partial charge in [0.15, 0.2) is 5.78 Å². The van der Waals surface area contributed by atoms with E-state index in [1.165, 1.54) is 19.5 Å². The maximum atomic E-state index is 11.6. The molecule has 1 aromatic rings. The van der Waals surface area contributed by atoms with E-state index < -0.39 is 6.04 Å². The number of nitrogens with two attached hydrogens (primary N) is 2. The standard InChI is InChI=1S/C9H13N3O2/c1-14-5-8(11)9(13)6-4-12-3-2-7(6)10/h2-4,8H,5,11H2,1H3,(H2,10,12). The summed E-state index contributed by atoms with van der Waals surface area (Å²) in [7, 11) is 1.49. The third kappa shape index (κ3) is 2.27. The monoisotopic (exact) mass is 195 g/mol. The van der Waals surface area contributed by atoms with Crippen LogP contribution in [0.25, 0.3) is 0 Å². The van der Waals surface area contributed by atoms with E-state index in [0.717, 1.165) is 0 Å². The number of pyridine rings is 1. The van der Waals surface area contributed by atoms with Gasteiger partial charge in [0.25, 0.3) is 0 Å². The van der Waals surface area contributed by atoms with Gasteiger partial charge in [0, 0.05) is 25.2 Å². The highest BCUT2D eigenvalue weighted by Crippen LogP contribution is 2.10. The van der Waals surface area contributed by atoms with Crippen molar-refractivity contribution < 1.29 is 9.53 Å². The van der Waals surface area contributed by atoms with Gasteiger partial charge in [0.05, 0.1) is 18.2 Å². The van der Waals surface area contributed by atoms with Crippen molar-refractivity contribution in [1.29, 1.82) is 0 Å². The summed E-state index contributed by atoms with van der Waals surface area (Å²) < 4.78 is 4.78. The Bertz CT molecular complexity index is 328. The Morgan fingerprint density at radius 1 is 1.71 bits per heavy atom. The van der Waals surface area contributed by atoms with Gasteiger partial charge in [-0.15, -0.1) is 0 Å². The number of ether oxygens (including phenoxy) is 1. The average Bonchev–Trinajstić information content (AvgIpc) is 2.18. The fourth-order valence-electron chi connectivity index (χ4n) is 1.07. The molecule has 1 rings (SSSR count). The van der Waals surface area contributed by atoms with Crippen LogP contribution in [0.5, 0.6) is 0 Å². The lowest BCUT2D eigenvalue weighted by Gasteiger charge is -2.10.